The van der Waals surface area contributed by atoms with Crippen molar-refractivity contribution >= 4 is 36.1 Å². The lowest BCUT2D eigenvalue weighted by molar-refractivity contribution is 0.585. The van der Waals surface area contributed by atoms with E-state index >= 15 is 0 Å². The number of nitriles is 1. The van der Waals surface area contributed by atoms with Crippen molar-refractivity contribution in [1.82, 2.24) is 29.7 Å². The molecule has 5 rings (SSSR count). The van der Waals surface area contributed by atoms with Crippen molar-refractivity contribution in [2.24, 2.45) is 7.05 Å². The first-order valence-electron chi connectivity index (χ1n) is 9.55. The fraction of sp³-hybridized carbons (Fsp3) is 0.238. The van der Waals surface area contributed by atoms with Gasteiger partial charge in [-0.25, -0.2) is 9.50 Å². The summed E-state index contributed by atoms with van der Waals surface area (Å²) < 4.78 is 3.53. The monoisotopic (exact) mass is 456 g/mol. The molecule has 1 fully saturated rings. The van der Waals surface area contributed by atoms with E-state index < -0.39 is 0 Å². The van der Waals surface area contributed by atoms with Gasteiger partial charge in [0.15, 0.2) is 0 Å². The molecule has 1 N–H and O–H groups in total. The first-order chi connectivity index (χ1) is 14.2. The molecule has 0 spiro atoms. The summed E-state index contributed by atoms with van der Waals surface area (Å²) in [5.41, 5.74) is 5.20. The molecule has 0 aliphatic carbocycles. The van der Waals surface area contributed by atoms with E-state index in [0.717, 1.165) is 59.8 Å². The van der Waals surface area contributed by atoms with Crippen LogP contribution in [0.15, 0.2) is 49.2 Å². The third-order valence-corrected chi connectivity index (χ3v) is 5.27. The molecule has 0 aromatic carbocycles. The Morgan fingerprint density at radius 3 is 2.42 bits per heavy atom. The average Bonchev–Trinajstić information content (AvgIpc) is 3.40. The average molecular weight is 457 g/mol. The van der Waals surface area contributed by atoms with Crippen LogP contribution in [0.5, 0.6) is 0 Å². The first-order valence-corrected chi connectivity index (χ1v) is 9.55. The van der Waals surface area contributed by atoms with Gasteiger partial charge in [0, 0.05) is 74.1 Å². The number of halogens is 2. The molecule has 1 aliphatic rings. The molecule has 0 amide bonds. The van der Waals surface area contributed by atoms with Crippen LogP contribution in [-0.4, -0.2) is 50.6 Å². The highest BCUT2D eigenvalue weighted by molar-refractivity contribution is 5.87. The van der Waals surface area contributed by atoms with Crippen molar-refractivity contribution in [3.8, 4) is 28.3 Å². The molecule has 5 heterocycles. The number of aromatic nitrogens is 5. The highest BCUT2D eigenvalue weighted by Crippen LogP contribution is 2.32. The molecule has 1 aliphatic heterocycles. The van der Waals surface area contributed by atoms with Crippen LogP contribution in [-0.2, 0) is 7.05 Å². The van der Waals surface area contributed by atoms with Crippen molar-refractivity contribution < 1.29 is 0 Å². The third-order valence-electron chi connectivity index (χ3n) is 5.27. The van der Waals surface area contributed by atoms with Gasteiger partial charge in [0.05, 0.1) is 23.5 Å². The number of hydrogen-bond donors (Lipinski definition) is 1. The minimum Gasteiger partial charge on any atom is -0.354 e. The zero-order chi connectivity index (χ0) is 19.8. The lowest BCUT2D eigenvalue weighted by Crippen LogP contribution is -2.43. The molecule has 0 radical (unpaired) electrons. The Bertz CT molecular complexity index is 1220. The number of anilines is 1. The zero-order valence-corrected chi connectivity index (χ0v) is 18.5. The predicted molar refractivity (Wildman–Crippen MR) is 125 cm³/mol. The van der Waals surface area contributed by atoms with Crippen LogP contribution >= 0.6 is 24.8 Å². The summed E-state index contributed by atoms with van der Waals surface area (Å²) in [5, 5.41) is 21.6. The summed E-state index contributed by atoms with van der Waals surface area (Å²) in [6.07, 6.45) is 9.21. The van der Waals surface area contributed by atoms with Crippen LogP contribution in [0.2, 0.25) is 0 Å². The van der Waals surface area contributed by atoms with E-state index in [1.165, 1.54) is 0 Å². The van der Waals surface area contributed by atoms with E-state index in [0.29, 0.717) is 5.56 Å². The second-order valence-corrected chi connectivity index (χ2v) is 7.15. The molecule has 31 heavy (non-hydrogen) atoms. The standard InChI is InChI=1S/C21H20N8.2ClH/c1-27-13-18(12-25-27)16-8-19(21-17(9-22)11-26-29(21)14-16)15-2-3-20(24-10-15)28-6-4-23-5-7-28;;/h2-3,8,10-14,23H,4-7H2,1H3;2*1H. The van der Waals surface area contributed by atoms with Gasteiger partial charge < -0.3 is 10.2 Å². The first kappa shape index (κ1) is 22.6. The Labute approximate surface area is 192 Å². The lowest BCUT2D eigenvalue weighted by atomic mass is 10.0. The van der Waals surface area contributed by atoms with Crippen molar-refractivity contribution in [3.63, 3.8) is 0 Å². The molecular formula is C21H22Cl2N8. The third kappa shape index (κ3) is 4.21. The Morgan fingerprint density at radius 2 is 1.77 bits per heavy atom. The number of nitrogens with zero attached hydrogens (tertiary/aromatic N) is 7. The van der Waals surface area contributed by atoms with E-state index in [1.807, 2.05) is 31.8 Å². The SMILES string of the molecule is Cl.Cl.Cn1cc(-c2cc(-c3ccc(N4CCNCC4)nc3)c3c(C#N)cnn3c2)cn1. The van der Waals surface area contributed by atoms with Crippen molar-refractivity contribution in [3.05, 3.63) is 54.7 Å². The van der Waals surface area contributed by atoms with Crippen molar-refractivity contribution in [2.45, 2.75) is 0 Å². The number of hydrogen-bond acceptors (Lipinski definition) is 6. The summed E-state index contributed by atoms with van der Waals surface area (Å²) in [6.45, 7) is 3.85. The number of fused-ring (bicyclic) bond motifs is 1. The maximum absolute atomic E-state index is 9.55. The van der Waals surface area contributed by atoms with Crippen molar-refractivity contribution in [1.29, 1.82) is 5.26 Å². The Balaban J connectivity index is 0.00000136. The number of rotatable bonds is 3. The van der Waals surface area contributed by atoms with E-state index in [4.69, 9.17) is 4.98 Å². The number of piperazine rings is 1. The van der Waals surface area contributed by atoms with Gasteiger partial charge in [-0.05, 0) is 18.2 Å². The number of pyridine rings is 2. The molecule has 0 saturated carbocycles. The van der Waals surface area contributed by atoms with Crippen molar-refractivity contribution in [2.75, 3.05) is 31.1 Å². The summed E-state index contributed by atoms with van der Waals surface area (Å²) in [4.78, 5) is 6.98. The Morgan fingerprint density at radius 1 is 0.968 bits per heavy atom. The molecule has 4 aromatic heterocycles. The molecule has 10 heteroatoms. The summed E-state index contributed by atoms with van der Waals surface area (Å²) in [6, 6.07) is 8.45. The minimum atomic E-state index is 0. The lowest BCUT2D eigenvalue weighted by Gasteiger charge is -2.28. The van der Waals surface area contributed by atoms with Crippen LogP contribution in [0.1, 0.15) is 5.56 Å². The van der Waals surface area contributed by atoms with Gasteiger partial charge in [0.2, 0.25) is 0 Å². The van der Waals surface area contributed by atoms with Gasteiger partial charge in [-0.15, -0.1) is 24.8 Å². The van der Waals surface area contributed by atoms with Gasteiger partial charge in [-0.1, -0.05) is 0 Å². The van der Waals surface area contributed by atoms with Gasteiger partial charge in [0.25, 0.3) is 0 Å². The fourth-order valence-electron chi connectivity index (χ4n) is 3.78. The Kier molecular flexibility index (Phi) is 6.81. The molecule has 4 aromatic rings. The van der Waals surface area contributed by atoms with Crippen LogP contribution in [0.25, 0.3) is 27.8 Å². The Hall–Kier alpha value is -3.12. The summed E-state index contributed by atoms with van der Waals surface area (Å²) >= 11 is 0. The number of nitrogens with one attached hydrogen (secondary N) is 1. The minimum absolute atomic E-state index is 0. The van der Waals surface area contributed by atoms with Gasteiger partial charge in [-0.3, -0.25) is 4.68 Å². The van der Waals surface area contributed by atoms with Gasteiger partial charge in [0.1, 0.15) is 11.9 Å². The van der Waals surface area contributed by atoms with E-state index in [-0.39, 0.29) is 24.8 Å². The maximum atomic E-state index is 9.55. The molecular weight excluding hydrogens is 435 g/mol. The smallest absolute Gasteiger partial charge is 0.128 e. The summed E-state index contributed by atoms with van der Waals surface area (Å²) in [7, 11) is 1.89. The normalized spacial score (nSPS) is 13.4. The predicted octanol–water partition coefficient (Wildman–Crippen LogP) is 2.92. The highest BCUT2D eigenvalue weighted by atomic mass is 35.5. The topological polar surface area (TPSA) is 87.1 Å². The highest BCUT2D eigenvalue weighted by Gasteiger charge is 2.16. The molecule has 1 saturated heterocycles. The van der Waals surface area contributed by atoms with Crippen LogP contribution in [0.3, 0.4) is 0 Å². The molecule has 0 atom stereocenters. The van der Waals surface area contributed by atoms with Crippen LogP contribution in [0, 0.1) is 11.3 Å². The fourth-order valence-corrected chi connectivity index (χ4v) is 3.78. The maximum Gasteiger partial charge on any atom is 0.128 e. The second-order valence-electron chi connectivity index (χ2n) is 7.15. The van der Waals surface area contributed by atoms with E-state index in [1.54, 1.807) is 15.4 Å². The van der Waals surface area contributed by atoms with E-state index in [2.05, 4.69) is 44.7 Å². The summed E-state index contributed by atoms with van der Waals surface area (Å²) in [5.74, 6) is 0.976. The van der Waals surface area contributed by atoms with Gasteiger partial charge in [-0.2, -0.15) is 15.5 Å². The largest absolute Gasteiger partial charge is 0.354 e. The molecule has 160 valence electrons. The molecule has 0 bridgehead atoms. The second kappa shape index (κ2) is 9.35. The zero-order valence-electron chi connectivity index (χ0n) is 16.9. The number of aryl methyl sites for hydroxylation is 1. The molecule has 0 unspecified atom stereocenters. The van der Waals surface area contributed by atoms with E-state index in [9.17, 15) is 5.26 Å². The quantitative estimate of drug-likeness (QED) is 0.509. The molecule has 8 nitrogen and oxygen atoms in total. The van der Waals surface area contributed by atoms with Gasteiger partial charge >= 0.3 is 0 Å². The van der Waals surface area contributed by atoms with Crippen LogP contribution in [0.4, 0.5) is 5.82 Å². The van der Waals surface area contributed by atoms with Crippen LogP contribution < -0.4 is 10.2 Å².